The summed E-state index contributed by atoms with van der Waals surface area (Å²) in [5.74, 6) is -0.992. The number of halogens is 1. The molecule has 1 aromatic heterocycles. The van der Waals surface area contributed by atoms with E-state index in [0.29, 0.717) is 10.3 Å². The topological polar surface area (TPSA) is 62.2 Å². The summed E-state index contributed by atoms with van der Waals surface area (Å²) >= 11 is 3.11. The van der Waals surface area contributed by atoms with E-state index in [2.05, 4.69) is 26.2 Å². The lowest BCUT2D eigenvalue weighted by Crippen LogP contribution is -2.14. The van der Waals surface area contributed by atoms with Crippen molar-refractivity contribution in [2.45, 2.75) is 19.9 Å². The van der Waals surface area contributed by atoms with Crippen molar-refractivity contribution >= 4 is 27.6 Å². The van der Waals surface area contributed by atoms with Crippen LogP contribution in [0.5, 0.6) is 0 Å². The Morgan fingerprint density at radius 2 is 2.29 bits per heavy atom. The van der Waals surface area contributed by atoms with Crippen molar-refractivity contribution in [2.75, 3.05) is 5.32 Å². The molecular formula is C9H11BrN2O2. The molecule has 1 heterocycles. The predicted molar refractivity (Wildman–Crippen MR) is 57.7 cm³/mol. The number of nitrogens with zero attached hydrogens (tertiary/aromatic N) is 1. The van der Waals surface area contributed by atoms with Crippen LogP contribution >= 0.6 is 15.9 Å². The number of aromatic nitrogens is 1. The fourth-order valence-corrected chi connectivity index (χ4v) is 1.57. The summed E-state index contributed by atoms with van der Waals surface area (Å²) in [5, 5.41) is 12.0. The number of carboxylic acid groups (broad SMARTS) is 1. The summed E-state index contributed by atoms with van der Waals surface area (Å²) in [4.78, 5) is 14.8. The first-order valence-electron chi connectivity index (χ1n) is 4.16. The van der Waals surface area contributed by atoms with Gasteiger partial charge in [-0.3, -0.25) is 0 Å². The van der Waals surface area contributed by atoms with E-state index in [1.54, 1.807) is 12.3 Å². The van der Waals surface area contributed by atoms with Crippen LogP contribution in [0, 0.1) is 0 Å². The van der Waals surface area contributed by atoms with Gasteiger partial charge in [0.2, 0.25) is 0 Å². The first kappa shape index (κ1) is 11.0. The fourth-order valence-electron chi connectivity index (χ4n) is 1.07. The maximum Gasteiger partial charge on any atom is 0.340 e. The molecule has 1 rings (SSSR count). The van der Waals surface area contributed by atoms with E-state index in [9.17, 15) is 4.79 Å². The second-order valence-corrected chi connectivity index (χ2v) is 3.88. The van der Waals surface area contributed by atoms with Gasteiger partial charge in [-0.1, -0.05) is 0 Å². The minimum absolute atomic E-state index is 0.168. The predicted octanol–water partition coefficient (Wildman–Crippen LogP) is 2.36. The van der Waals surface area contributed by atoms with Crippen LogP contribution in [0.3, 0.4) is 0 Å². The molecule has 0 saturated carbocycles. The molecule has 0 aromatic carbocycles. The van der Waals surface area contributed by atoms with Crippen molar-refractivity contribution in [2.24, 2.45) is 0 Å². The minimum Gasteiger partial charge on any atom is -0.478 e. The van der Waals surface area contributed by atoms with Crippen LogP contribution in [-0.4, -0.2) is 22.1 Å². The highest BCUT2D eigenvalue weighted by atomic mass is 79.9. The van der Waals surface area contributed by atoms with E-state index >= 15 is 0 Å². The Balaban J connectivity index is 3.14. The number of aromatic carboxylic acids is 1. The highest BCUT2D eigenvalue weighted by Crippen LogP contribution is 2.22. The summed E-state index contributed by atoms with van der Waals surface area (Å²) < 4.78 is 0.343. The molecule has 0 fully saturated rings. The first-order valence-corrected chi connectivity index (χ1v) is 4.96. The molecule has 0 aliphatic heterocycles. The van der Waals surface area contributed by atoms with Gasteiger partial charge in [0.25, 0.3) is 0 Å². The summed E-state index contributed by atoms with van der Waals surface area (Å²) in [5.41, 5.74) is 0.746. The zero-order valence-electron chi connectivity index (χ0n) is 7.91. The van der Waals surface area contributed by atoms with Gasteiger partial charge in [-0.15, -0.1) is 0 Å². The number of hydrogen-bond acceptors (Lipinski definition) is 3. The van der Waals surface area contributed by atoms with Crippen LogP contribution in [-0.2, 0) is 0 Å². The van der Waals surface area contributed by atoms with Gasteiger partial charge in [0.05, 0.1) is 5.69 Å². The molecule has 0 unspecified atom stereocenters. The first-order chi connectivity index (χ1) is 6.52. The number of rotatable bonds is 3. The van der Waals surface area contributed by atoms with Gasteiger partial charge in [0.15, 0.2) is 0 Å². The van der Waals surface area contributed by atoms with Gasteiger partial charge in [0, 0.05) is 12.2 Å². The molecule has 2 N–H and O–H groups in total. The third-order valence-corrected chi connectivity index (χ3v) is 2.16. The highest BCUT2D eigenvalue weighted by Gasteiger charge is 2.15. The van der Waals surface area contributed by atoms with Gasteiger partial charge in [-0.25, -0.2) is 9.78 Å². The van der Waals surface area contributed by atoms with E-state index in [-0.39, 0.29) is 11.6 Å². The van der Waals surface area contributed by atoms with Crippen LogP contribution in [0.1, 0.15) is 24.2 Å². The van der Waals surface area contributed by atoms with E-state index in [0.717, 1.165) is 0 Å². The lowest BCUT2D eigenvalue weighted by atomic mass is 10.2. The second-order valence-electron chi connectivity index (χ2n) is 3.13. The molecule has 0 aliphatic rings. The summed E-state index contributed by atoms with van der Waals surface area (Å²) in [6.45, 7) is 3.89. The average molecular weight is 259 g/mol. The number of pyridine rings is 1. The number of nitrogens with one attached hydrogen (secondary N) is 1. The van der Waals surface area contributed by atoms with Gasteiger partial charge in [-0.2, -0.15) is 0 Å². The van der Waals surface area contributed by atoms with Crippen molar-refractivity contribution in [3.63, 3.8) is 0 Å². The standard InChI is InChI=1S/C9H11BrN2O2/c1-5(2)12-6-3-4-11-8(10)7(6)9(13)14/h3-5H,1-2H3,(H,11,12)(H,13,14). The third kappa shape index (κ3) is 2.45. The lowest BCUT2D eigenvalue weighted by Gasteiger charge is -2.12. The zero-order chi connectivity index (χ0) is 10.7. The molecule has 76 valence electrons. The van der Waals surface area contributed by atoms with E-state index in [4.69, 9.17) is 5.11 Å². The quantitative estimate of drug-likeness (QED) is 0.818. The molecule has 0 spiro atoms. The van der Waals surface area contributed by atoms with Crippen molar-refractivity contribution in [3.05, 3.63) is 22.4 Å². The average Bonchev–Trinajstić information content (AvgIpc) is 2.01. The van der Waals surface area contributed by atoms with Crippen molar-refractivity contribution in [1.29, 1.82) is 0 Å². The molecule has 0 radical (unpaired) electrons. The Labute approximate surface area is 90.5 Å². The van der Waals surface area contributed by atoms with E-state index in [1.165, 1.54) is 0 Å². The Morgan fingerprint density at radius 3 is 2.79 bits per heavy atom. The Hall–Kier alpha value is -1.10. The second kappa shape index (κ2) is 4.41. The van der Waals surface area contributed by atoms with Crippen LogP contribution in [0.2, 0.25) is 0 Å². The Bertz CT molecular complexity index is 353. The van der Waals surface area contributed by atoms with Crippen LogP contribution in [0.25, 0.3) is 0 Å². The molecule has 14 heavy (non-hydrogen) atoms. The maximum atomic E-state index is 10.9. The highest BCUT2D eigenvalue weighted by molar-refractivity contribution is 9.10. The zero-order valence-corrected chi connectivity index (χ0v) is 9.50. The largest absolute Gasteiger partial charge is 0.478 e. The number of hydrogen-bond donors (Lipinski definition) is 2. The van der Waals surface area contributed by atoms with Gasteiger partial charge >= 0.3 is 5.97 Å². The van der Waals surface area contributed by atoms with E-state index < -0.39 is 5.97 Å². The smallest absolute Gasteiger partial charge is 0.340 e. The summed E-state index contributed by atoms with van der Waals surface area (Å²) in [6.07, 6.45) is 1.56. The number of carbonyl (C=O) groups is 1. The molecule has 1 aromatic rings. The van der Waals surface area contributed by atoms with Gasteiger partial charge in [-0.05, 0) is 35.8 Å². The van der Waals surface area contributed by atoms with Crippen LogP contribution < -0.4 is 5.32 Å². The fraction of sp³-hybridized carbons (Fsp3) is 0.333. The lowest BCUT2D eigenvalue weighted by molar-refractivity contribution is 0.0696. The van der Waals surface area contributed by atoms with Crippen molar-refractivity contribution < 1.29 is 9.90 Å². The minimum atomic E-state index is -0.992. The maximum absolute atomic E-state index is 10.9. The summed E-state index contributed by atoms with van der Waals surface area (Å²) in [6, 6.07) is 1.83. The number of anilines is 1. The SMILES string of the molecule is CC(C)Nc1ccnc(Br)c1C(=O)O. The van der Waals surface area contributed by atoms with Crippen LogP contribution in [0.15, 0.2) is 16.9 Å². The summed E-state index contributed by atoms with van der Waals surface area (Å²) in [7, 11) is 0. The van der Waals surface area contributed by atoms with Crippen molar-refractivity contribution in [3.8, 4) is 0 Å². The number of carboxylic acids is 1. The van der Waals surface area contributed by atoms with Gasteiger partial charge in [0.1, 0.15) is 10.2 Å². The monoisotopic (exact) mass is 258 g/mol. The Kier molecular flexibility index (Phi) is 3.46. The Morgan fingerprint density at radius 1 is 1.64 bits per heavy atom. The van der Waals surface area contributed by atoms with Crippen LogP contribution in [0.4, 0.5) is 5.69 Å². The van der Waals surface area contributed by atoms with Gasteiger partial charge < -0.3 is 10.4 Å². The molecule has 5 heteroatoms. The van der Waals surface area contributed by atoms with Crippen molar-refractivity contribution in [1.82, 2.24) is 4.98 Å². The molecule has 0 aliphatic carbocycles. The normalized spacial score (nSPS) is 10.3. The molecule has 0 saturated heterocycles. The molecule has 0 atom stereocenters. The molecule has 0 amide bonds. The molecule has 0 bridgehead atoms. The third-order valence-electron chi connectivity index (χ3n) is 1.56. The molecular weight excluding hydrogens is 248 g/mol. The molecule has 4 nitrogen and oxygen atoms in total. The van der Waals surface area contributed by atoms with E-state index in [1.807, 2.05) is 13.8 Å².